The second kappa shape index (κ2) is 17.5. The lowest BCUT2D eigenvalue weighted by molar-refractivity contribution is 0.00245. The van der Waals surface area contributed by atoms with Crippen molar-refractivity contribution in [3.8, 4) is 11.5 Å². The van der Waals surface area contributed by atoms with E-state index in [2.05, 4.69) is 64.1 Å². The molecular formula is C29H46O3. The van der Waals surface area contributed by atoms with Gasteiger partial charge in [-0.3, -0.25) is 0 Å². The molecule has 0 heterocycles. The molecule has 3 heteroatoms. The molecule has 0 aliphatic carbocycles. The Morgan fingerprint density at radius 2 is 1.03 bits per heavy atom. The van der Waals surface area contributed by atoms with Crippen LogP contribution >= 0.6 is 0 Å². The van der Waals surface area contributed by atoms with Gasteiger partial charge >= 0.3 is 0 Å². The van der Waals surface area contributed by atoms with Crippen LogP contribution in [0.15, 0.2) is 48.5 Å². The molecule has 2 atom stereocenters. The van der Waals surface area contributed by atoms with Crippen molar-refractivity contribution in [1.82, 2.24) is 0 Å². The van der Waals surface area contributed by atoms with Crippen molar-refractivity contribution in [2.24, 2.45) is 0 Å². The van der Waals surface area contributed by atoms with Gasteiger partial charge in [-0.25, -0.2) is 0 Å². The molecule has 0 amide bonds. The Labute approximate surface area is 197 Å². The van der Waals surface area contributed by atoms with Gasteiger partial charge in [0.1, 0.15) is 18.1 Å². The molecule has 0 aliphatic heterocycles. The zero-order valence-electron chi connectivity index (χ0n) is 21.4. The maximum absolute atomic E-state index is 5.78. The van der Waals surface area contributed by atoms with E-state index in [4.69, 9.17) is 14.2 Å². The highest BCUT2D eigenvalue weighted by molar-refractivity contribution is 5.30. The van der Waals surface area contributed by atoms with Crippen molar-refractivity contribution < 1.29 is 14.2 Å². The van der Waals surface area contributed by atoms with Gasteiger partial charge in [0.25, 0.3) is 0 Å². The first kappa shape index (κ1) is 28.0. The van der Waals surface area contributed by atoms with Crippen molar-refractivity contribution >= 4 is 0 Å². The predicted octanol–water partition coefficient (Wildman–Crippen LogP) is 8.73. The van der Waals surface area contributed by atoms with Gasteiger partial charge < -0.3 is 14.2 Å². The van der Waals surface area contributed by atoms with Crippen molar-refractivity contribution in [3.63, 3.8) is 0 Å². The Kier molecular flexibility index (Phi) is 15.4. The average Bonchev–Trinajstić information content (AvgIpc) is 2.85. The average molecular weight is 443 g/mol. The van der Waals surface area contributed by atoms with E-state index in [0.29, 0.717) is 25.0 Å². The van der Waals surface area contributed by atoms with Crippen LogP contribution < -0.4 is 9.47 Å². The minimum absolute atomic E-state index is 0.239. The zero-order valence-corrected chi connectivity index (χ0v) is 21.4. The van der Waals surface area contributed by atoms with Crippen molar-refractivity contribution in [2.75, 3.05) is 20.0 Å². The van der Waals surface area contributed by atoms with Crippen LogP contribution in [-0.4, -0.2) is 20.0 Å². The maximum atomic E-state index is 5.78. The first-order valence-corrected chi connectivity index (χ1v) is 12.7. The summed E-state index contributed by atoms with van der Waals surface area (Å²) in [6.45, 7) is 14.3. The summed E-state index contributed by atoms with van der Waals surface area (Å²) < 4.78 is 17.0. The number of rotatable bonds is 15. The number of hydrogen-bond acceptors (Lipinski definition) is 3. The Balaban J connectivity index is 0.00000249. The van der Waals surface area contributed by atoms with E-state index >= 15 is 0 Å². The summed E-state index contributed by atoms with van der Waals surface area (Å²) >= 11 is 0. The molecule has 180 valence electrons. The van der Waals surface area contributed by atoms with Crippen LogP contribution in [0.4, 0.5) is 0 Å². The standard InChI is InChI=1S/C27H40O3.C2H6/c1-5-9-22(7-3)24-11-15-26(16-12-24)29-20-19-28-21-30-27-17-13-25(14-18-27)23(8-4)10-6-2;1-2/h11-18,22-23H,5-10,19-21H2,1-4H3;1-2H3. The van der Waals surface area contributed by atoms with Gasteiger partial charge in [-0.1, -0.05) is 78.6 Å². The summed E-state index contributed by atoms with van der Waals surface area (Å²) in [5.74, 6) is 3.03. The molecule has 32 heavy (non-hydrogen) atoms. The molecule has 0 spiro atoms. The van der Waals surface area contributed by atoms with Crippen LogP contribution in [0.2, 0.25) is 0 Å². The van der Waals surface area contributed by atoms with E-state index < -0.39 is 0 Å². The molecule has 2 unspecified atom stereocenters. The van der Waals surface area contributed by atoms with E-state index in [1.54, 1.807) is 0 Å². The van der Waals surface area contributed by atoms with Crippen molar-refractivity contribution in [2.45, 2.75) is 91.9 Å². The quantitative estimate of drug-likeness (QED) is 0.204. The monoisotopic (exact) mass is 442 g/mol. The van der Waals surface area contributed by atoms with Gasteiger partial charge in [0.05, 0.1) is 6.61 Å². The zero-order chi connectivity index (χ0) is 23.6. The first-order chi connectivity index (χ1) is 15.7. The second-order valence-corrected chi connectivity index (χ2v) is 7.94. The summed E-state index contributed by atoms with van der Waals surface area (Å²) in [6, 6.07) is 16.9. The largest absolute Gasteiger partial charge is 0.491 e. The summed E-state index contributed by atoms with van der Waals surface area (Å²) in [7, 11) is 0. The lowest BCUT2D eigenvalue weighted by Gasteiger charge is -2.15. The van der Waals surface area contributed by atoms with Gasteiger partial charge in [-0.05, 0) is 72.9 Å². The minimum Gasteiger partial charge on any atom is -0.491 e. The van der Waals surface area contributed by atoms with Crippen LogP contribution in [-0.2, 0) is 4.74 Å². The van der Waals surface area contributed by atoms with Crippen molar-refractivity contribution in [3.05, 3.63) is 59.7 Å². The number of ether oxygens (including phenoxy) is 3. The van der Waals surface area contributed by atoms with Crippen LogP contribution in [0.5, 0.6) is 11.5 Å². The lowest BCUT2D eigenvalue weighted by Crippen LogP contribution is -2.10. The van der Waals surface area contributed by atoms with E-state index in [1.807, 2.05) is 26.0 Å². The van der Waals surface area contributed by atoms with Crippen LogP contribution in [0.25, 0.3) is 0 Å². The van der Waals surface area contributed by atoms with E-state index in [1.165, 1.54) is 49.7 Å². The molecule has 0 aromatic heterocycles. The highest BCUT2D eigenvalue weighted by atomic mass is 16.7. The summed E-state index contributed by atoms with van der Waals surface area (Å²) in [6.07, 6.45) is 7.28. The molecular weight excluding hydrogens is 396 g/mol. The highest BCUT2D eigenvalue weighted by Gasteiger charge is 2.09. The summed E-state index contributed by atoms with van der Waals surface area (Å²) in [5.41, 5.74) is 2.80. The normalized spacial score (nSPS) is 12.4. The van der Waals surface area contributed by atoms with Gasteiger partial charge in [-0.2, -0.15) is 0 Å². The van der Waals surface area contributed by atoms with Crippen molar-refractivity contribution in [1.29, 1.82) is 0 Å². The highest BCUT2D eigenvalue weighted by Crippen LogP contribution is 2.27. The fourth-order valence-corrected chi connectivity index (χ4v) is 3.97. The molecule has 3 nitrogen and oxygen atoms in total. The molecule has 2 rings (SSSR count). The molecule has 0 N–H and O–H groups in total. The lowest BCUT2D eigenvalue weighted by atomic mass is 9.92. The second-order valence-electron chi connectivity index (χ2n) is 7.94. The third-order valence-electron chi connectivity index (χ3n) is 5.77. The molecule has 0 fully saturated rings. The predicted molar refractivity (Wildman–Crippen MR) is 137 cm³/mol. The smallest absolute Gasteiger partial charge is 0.189 e. The third-order valence-corrected chi connectivity index (χ3v) is 5.77. The molecule has 0 radical (unpaired) electrons. The SMILES string of the molecule is CC.CCCC(CC)c1ccc(OCCOCOc2ccc(C(CC)CCC)cc2)cc1. The van der Waals surface area contributed by atoms with E-state index in [0.717, 1.165) is 11.5 Å². The van der Waals surface area contributed by atoms with Gasteiger partial charge in [-0.15, -0.1) is 0 Å². The van der Waals surface area contributed by atoms with E-state index in [-0.39, 0.29) is 6.79 Å². The van der Waals surface area contributed by atoms with Crippen LogP contribution in [0.1, 0.15) is 103 Å². The van der Waals surface area contributed by atoms with Crippen LogP contribution in [0, 0.1) is 0 Å². The molecule has 2 aromatic carbocycles. The van der Waals surface area contributed by atoms with Gasteiger partial charge in [0.2, 0.25) is 0 Å². The third kappa shape index (κ3) is 10.1. The van der Waals surface area contributed by atoms with Crippen LogP contribution in [0.3, 0.4) is 0 Å². The van der Waals surface area contributed by atoms with Gasteiger partial charge in [0.15, 0.2) is 6.79 Å². The maximum Gasteiger partial charge on any atom is 0.189 e. The summed E-state index contributed by atoms with van der Waals surface area (Å²) in [5, 5.41) is 0. The molecule has 0 saturated heterocycles. The topological polar surface area (TPSA) is 27.7 Å². The summed E-state index contributed by atoms with van der Waals surface area (Å²) in [4.78, 5) is 0. The Morgan fingerprint density at radius 3 is 1.44 bits per heavy atom. The Morgan fingerprint density at radius 1 is 0.594 bits per heavy atom. The fourth-order valence-electron chi connectivity index (χ4n) is 3.97. The molecule has 0 aliphatic rings. The van der Waals surface area contributed by atoms with E-state index in [9.17, 15) is 0 Å². The molecule has 0 saturated carbocycles. The van der Waals surface area contributed by atoms with Gasteiger partial charge in [0, 0.05) is 0 Å². The molecule has 0 bridgehead atoms. The Hall–Kier alpha value is -2.00. The number of benzene rings is 2. The Bertz CT molecular complexity index is 617. The molecule has 2 aromatic rings. The first-order valence-electron chi connectivity index (χ1n) is 12.7. The minimum atomic E-state index is 0.239. The fraction of sp³-hybridized carbons (Fsp3) is 0.586. The number of hydrogen-bond donors (Lipinski definition) is 0.